The van der Waals surface area contributed by atoms with Gasteiger partial charge in [-0.05, 0) is 35.2 Å². The lowest BCUT2D eigenvalue weighted by molar-refractivity contribution is -0.132. The molecule has 27 heavy (non-hydrogen) atoms. The van der Waals surface area contributed by atoms with Crippen LogP contribution in [0.3, 0.4) is 0 Å². The summed E-state index contributed by atoms with van der Waals surface area (Å²) in [6.45, 7) is 1.31. The Morgan fingerprint density at radius 2 is 2.04 bits per heavy atom. The largest absolute Gasteiger partial charge is 0.493 e. The van der Waals surface area contributed by atoms with Crippen molar-refractivity contribution < 1.29 is 19.1 Å². The summed E-state index contributed by atoms with van der Waals surface area (Å²) >= 11 is 2.87. The molecule has 9 heteroatoms. The number of carbonyl (C=O) groups is 2. The number of anilines is 1. The first-order chi connectivity index (χ1) is 13.0. The molecule has 138 valence electrons. The molecule has 1 N–H and O–H groups in total. The summed E-state index contributed by atoms with van der Waals surface area (Å²) in [4.78, 5) is 24.2. The Morgan fingerprint density at radius 1 is 1.19 bits per heavy atom. The minimum Gasteiger partial charge on any atom is -0.493 e. The number of nitrogens with zero attached hydrogens (tertiary/aromatic N) is 2. The smallest absolute Gasteiger partial charge is 0.308 e. The molecule has 0 radical (unpaired) electrons. The number of thiophene rings is 1. The van der Waals surface area contributed by atoms with Crippen LogP contribution < -0.4 is 14.8 Å². The molecule has 3 rings (SSSR count). The zero-order chi connectivity index (χ0) is 19.2. The van der Waals surface area contributed by atoms with Crippen molar-refractivity contribution in [2.75, 3.05) is 12.4 Å². The highest BCUT2D eigenvalue weighted by Gasteiger charge is 2.10. The average Bonchev–Trinajstić information content (AvgIpc) is 3.32. The van der Waals surface area contributed by atoms with Crippen LogP contribution in [-0.4, -0.2) is 29.2 Å². The highest BCUT2D eigenvalue weighted by atomic mass is 32.1. The summed E-state index contributed by atoms with van der Waals surface area (Å²) in [6.07, 6.45) is 3.00. The second-order valence-corrected chi connectivity index (χ2v) is 7.14. The molecule has 0 saturated carbocycles. The van der Waals surface area contributed by atoms with Crippen molar-refractivity contribution in [3.05, 3.63) is 47.4 Å². The van der Waals surface area contributed by atoms with E-state index in [-0.39, 0.29) is 5.91 Å². The lowest BCUT2D eigenvalue weighted by Gasteiger charge is -2.08. The van der Waals surface area contributed by atoms with Gasteiger partial charge in [0.15, 0.2) is 16.5 Å². The number of benzene rings is 1. The van der Waals surface area contributed by atoms with Gasteiger partial charge in [0.2, 0.25) is 11.0 Å². The molecule has 1 amide bonds. The van der Waals surface area contributed by atoms with Gasteiger partial charge >= 0.3 is 5.97 Å². The Labute approximate surface area is 163 Å². The first-order valence-corrected chi connectivity index (χ1v) is 9.47. The van der Waals surface area contributed by atoms with Crippen molar-refractivity contribution in [3.8, 4) is 21.4 Å². The molecule has 0 unspecified atom stereocenters. The number of hydrogen-bond donors (Lipinski definition) is 1. The molecule has 7 nitrogen and oxygen atoms in total. The molecular formula is C18H15N3O4S2. The van der Waals surface area contributed by atoms with Gasteiger partial charge in [-0.2, -0.15) is 0 Å². The van der Waals surface area contributed by atoms with Gasteiger partial charge in [0.05, 0.1) is 12.0 Å². The molecule has 2 heterocycles. The zero-order valence-electron chi connectivity index (χ0n) is 14.5. The van der Waals surface area contributed by atoms with E-state index < -0.39 is 5.97 Å². The molecule has 0 spiro atoms. The summed E-state index contributed by atoms with van der Waals surface area (Å²) in [7, 11) is 1.48. The predicted molar refractivity (Wildman–Crippen MR) is 105 cm³/mol. The van der Waals surface area contributed by atoms with E-state index in [1.165, 1.54) is 31.4 Å². The van der Waals surface area contributed by atoms with E-state index in [1.807, 2.05) is 17.5 Å². The van der Waals surface area contributed by atoms with Crippen molar-refractivity contribution in [1.29, 1.82) is 0 Å². The van der Waals surface area contributed by atoms with Crippen molar-refractivity contribution in [1.82, 2.24) is 10.2 Å². The van der Waals surface area contributed by atoms with E-state index in [0.717, 1.165) is 15.4 Å². The quantitative estimate of drug-likeness (QED) is 0.383. The highest BCUT2D eigenvalue weighted by Crippen LogP contribution is 2.30. The van der Waals surface area contributed by atoms with Gasteiger partial charge in [0.1, 0.15) is 0 Å². The number of nitrogens with one attached hydrogen (secondary N) is 1. The molecule has 3 aromatic rings. The lowest BCUT2D eigenvalue weighted by atomic mass is 10.2. The molecule has 2 aromatic heterocycles. The van der Waals surface area contributed by atoms with E-state index in [0.29, 0.717) is 16.6 Å². The monoisotopic (exact) mass is 401 g/mol. The number of carbonyl (C=O) groups excluding carboxylic acids is 2. The van der Waals surface area contributed by atoms with Gasteiger partial charge in [-0.25, -0.2) is 0 Å². The molecule has 0 aliphatic carbocycles. The Balaban J connectivity index is 1.65. The summed E-state index contributed by atoms with van der Waals surface area (Å²) in [5.41, 5.74) is 0.717. The third kappa shape index (κ3) is 4.99. The maximum Gasteiger partial charge on any atom is 0.308 e. The van der Waals surface area contributed by atoms with Crippen molar-refractivity contribution in [2.45, 2.75) is 6.92 Å². The molecule has 0 atom stereocenters. The van der Waals surface area contributed by atoms with Crippen LogP contribution in [0.4, 0.5) is 5.13 Å². The number of amides is 1. The molecule has 0 aliphatic heterocycles. The van der Waals surface area contributed by atoms with Crippen LogP contribution in [-0.2, 0) is 9.59 Å². The maximum atomic E-state index is 12.1. The third-order valence-corrected chi connectivity index (χ3v) is 5.13. The first-order valence-electron chi connectivity index (χ1n) is 7.78. The zero-order valence-corrected chi connectivity index (χ0v) is 16.1. The summed E-state index contributed by atoms with van der Waals surface area (Å²) in [5, 5.41) is 13.9. The topological polar surface area (TPSA) is 90.4 Å². The van der Waals surface area contributed by atoms with Crippen LogP contribution in [0.1, 0.15) is 12.5 Å². The number of hydrogen-bond acceptors (Lipinski definition) is 8. The summed E-state index contributed by atoms with van der Waals surface area (Å²) in [5.74, 6) is -0.0408. The van der Waals surface area contributed by atoms with Gasteiger partial charge in [0, 0.05) is 13.0 Å². The Bertz CT molecular complexity index is 980. The van der Waals surface area contributed by atoms with Crippen LogP contribution in [0.15, 0.2) is 41.8 Å². The van der Waals surface area contributed by atoms with E-state index in [1.54, 1.807) is 35.6 Å². The van der Waals surface area contributed by atoms with Crippen molar-refractivity contribution >= 4 is 45.8 Å². The third-order valence-electron chi connectivity index (χ3n) is 3.26. The van der Waals surface area contributed by atoms with Crippen LogP contribution >= 0.6 is 22.7 Å². The second-order valence-electron chi connectivity index (χ2n) is 5.22. The SMILES string of the molecule is COc1cc(/C=C/C(=O)Nc2nnc(-c3cccs3)s2)ccc1OC(C)=O. The molecule has 0 bridgehead atoms. The number of rotatable bonds is 6. The Morgan fingerprint density at radius 3 is 2.74 bits per heavy atom. The van der Waals surface area contributed by atoms with Crippen LogP contribution in [0.25, 0.3) is 16.0 Å². The molecule has 0 aliphatic rings. The maximum absolute atomic E-state index is 12.1. The van der Waals surface area contributed by atoms with Crippen molar-refractivity contribution in [3.63, 3.8) is 0 Å². The first kappa shape index (κ1) is 18.7. The molecular weight excluding hydrogens is 386 g/mol. The molecule has 1 aromatic carbocycles. The Kier molecular flexibility index (Phi) is 5.94. The molecule has 0 fully saturated rings. The van der Waals surface area contributed by atoms with Crippen molar-refractivity contribution in [2.24, 2.45) is 0 Å². The lowest BCUT2D eigenvalue weighted by Crippen LogP contribution is -2.07. The Hall–Kier alpha value is -3.04. The average molecular weight is 401 g/mol. The van der Waals surface area contributed by atoms with E-state index in [4.69, 9.17) is 9.47 Å². The minimum absolute atomic E-state index is 0.321. The van der Waals surface area contributed by atoms with Gasteiger partial charge in [-0.15, -0.1) is 21.5 Å². The summed E-state index contributed by atoms with van der Waals surface area (Å²) in [6, 6.07) is 8.87. The fourth-order valence-electron chi connectivity index (χ4n) is 2.12. The highest BCUT2D eigenvalue weighted by molar-refractivity contribution is 7.23. The number of ether oxygens (including phenoxy) is 2. The molecule has 0 saturated heterocycles. The second kappa shape index (κ2) is 8.56. The van der Waals surface area contributed by atoms with Gasteiger partial charge in [-0.1, -0.05) is 23.5 Å². The van der Waals surface area contributed by atoms with Crippen LogP contribution in [0.2, 0.25) is 0 Å². The van der Waals surface area contributed by atoms with Crippen LogP contribution in [0.5, 0.6) is 11.5 Å². The number of esters is 1. The van der Waals surface area contributed by atoms with Gasteiger partial charge in [0.25, 0.3) is 0 Å². The van der Waals surface area contributed by atoms with E-state index >= 15 is 0 Å². The number of methoxy groups -OCH3 is 1. The van der Waals surface area contributed by atoms with E-state index in [2.05, 4.69) is 15.5 Å². The van der Waals surface area contributed by atoms with Gasteiger partial charge < -0.3 is 9.47 Å². The minimum atomic E-state index is -0.435. The predicted octanol–water partition coefficient (Wildman–Crippen LogP) is 3.85. The van der Waals surface area contributed by atoms with Crippen LogP contribution in [0, 0.1) is 0 Å². The van der Waals surface area contributed by atoms with E-state index in [9.17, 15) is 9.59 Å². The van der Waals surface area contributed by atoms with Gasteiger partial charge in [-0.3, -0.25) is 14.9 Å². The fraction of sp³-hybridized carbons (Fsp3) is 0.111. The fourth-order valence-corrected chi connectivity index (χ4v) is 3.66. The number of aromatic nitrogens is 2. The summed E-state index contributed by atoms with van der Waals surface area (Å²) < 4.78 is 10.2. The standard InChI is InChI=1S/C18H15N3O4S2/c1-11(22)25-13-7-5-12(10-14(13)24-2)6-8-16(23)19-18-21-20-17(27-18)15-4-3-9-26-15/h3-10H,1-2H3,(H,19,21,23)/b8-6+. The normalized spacial score (nSPS) is 10.7.